The minimum absolute atomic E-state index is 0.152. The van der Waals surface area contributed by atoms with Crippen molar-refractivity contribution in [3.63, 3.8) is 0 Å². The van der Waals surface area contributed by atoms with Gasteiger partial charge in [-0.25, -0.2) is 9.78 Å². The molecule has 0 saturated carbocycles. The number of amides is 1. The molecule has 0 bridgehead atoms. The first-order valence-electron chi connectivity index (χ1n) is 5.94. The quantitative estimate of drug-likeness (QED) is 0.829. The molecule has 108 valence electrons. The second-order valence-corrected chi connectivity index (χ2v) is 5.53. The van der Waals surface area contributed by atoms with Crippen LogP contribution in [0.15, 0.2) is 36.5 Å². The highest BCUT2D eigenvalue weighted by Crippen LogP contribution is 2.20. The lowest BCUT2D eigenvalue weighted by atomic mass is 10.1. The second-order valence-electron chi connectivity index (χ2n) is 4.06. The number of nitrogens with one attached hydrogen (secondary N) is 1. The molecular weight excluding hydrogens is 312 g/mol. The summed E-state index contributed by atoms with van der Waals surface area (Å²) < 4.78 is 0. The summed E-state index contributed by atoms with van der Waals surface area (Å²) in [6, 6.07) is 7.12. The standard InChI is InChI=1S/C14H11ClN2O3S/c15-11-4-2-1-3-9(11)7-12(18)17-14-16-8-10(21-14)5-6-13(19)20/h1-6,8H,7H2,(H,19,20)(H,16,17,18). The third-order valence-corrected chi connectivity index (χ3v) is 3.72. The Bertz CT molecular complexity index is 697. The monoisotopic (exact) mass is 322 g/mol. The average Bonchev–Trinajstić information content (AvgIpc) is 2.86. The van der Waals surface area contributed by atoms with Crippen LogP contribution in [-0.2, 0) is 16.0 Å². The van der Waals surface area contributed by atoms with E-state index in [-0.39, 0.29) is 12.3 Å². The molecule has 1 aromatic carbocycles. The fourth-order valence-electron chi connectivity index (χ4n) is 1.55. The number of benzene rings is 1. The van der Waals surface area contributed by atoms with Gasteiger partial charge in [0.05, 0.1) is 6.42 Å². The maximum Gasteiger partial charge on any atom is 0.328 e. The highest BCUT2D eigenvalue weighted by molar-refractivity contribution is 7.16. The van der Waals surface area contributed by atoms with Gasteiger partial charge in [-0.15, -0.1) is 0 Å². The fourth-order valence-corrected chi connectivity index (χ4v) is 2.49. The number of thiazole rings is 1. The lowest BCUT2D eigenvalue weighted by Gasteiger charge is -2.03. The molecule has 7 heteroatoms. The van der Waals surface area contributed by atoms with Crippen LogP contribution in [0.4, 0.5) is 5.13 Å². The molecule has 0 radical (unpaired) electrons. The van der Waals surface area contributed by atoms with E-state index in [2.05, 4.69) is 10.3 Å². The van der Waals surface area contributed by atoms with Gasteiger partial charge in [0.25, 0.3) is 0 Å². The average molecular weight is 323 g/mol. The first-order valence-corrected chi connectivity index (χ1v) is 7.14. The zero-order valence-electron chi connectivity index (χ0n) is 10.7. The number of carboxylic acids is 1. The number of carbonyl (C=O) groups excluding carboxylic acids is 1. The number of hydrogen-bond donors (Lipinski definition) is 2. The van der Waals surface area contributed by atoms with Crippen LogP contribution < -0.4 is 5.32 Å². The Hall–Kier alpha value is -2.18. The van der Waals surface area contributed by atoms with Crippen LogP contribution in [0.25, 0.3) is 6.08 Å². The zero-order chi connectivity index (χ0) is 15.2. The number of anilines is 1. The van der Waals surface area contributed by atoms with E-state index in [4.69, 9.17) is 16.7 Å². The van der Waals surface area contributed by atoms with Crippen LogP contribution in [0.5, 0.6) is 0 Å². The fraction of sp³-hybridized carbons (Fsp3) is 0.0714. The summed E-state index contributed by atoms with van der Waals surface area (Å²) in [7, 11) is 0. The molecule has 0 aliphatic carbocycles. The summed E-state index contributed by atoms with van der Waals surface area (Å²) in [5, 5.41) is 12.1. The number of carbonyl (C=O) groups is 2. The maximum absolute atomic E-state index is 11.9. The molecule has 0 atom stereocenters. The summed E-state index contributed by atoms with van der Waals surface area (Å²) in [4.78, 5) is 27.0. The molecule has 0 fully saturated rings. The lowest BCUT2D eigenvalue weighted by molar-refractivity contribution is -0.131. The predicted octanol–water partition coefficient (Wildman–Crippen LogP) is 3.08. The molecule has 0 aliphatic heterocycles. The van der Waals surface area contributed by atoms with E-state index >= 15 is 0 Å². The third-order valence-electron chi connectivity index (χ3n) is 2.47. The van der Waals surface area contributed by atoms with Gasteiger partial charge < -0.3 is 10.4 Å². The first kappa shape index (κ1) is 15.2. The topological polar surface area (TPSA) is 79.3 Å². The first-order chi connectivity index (χ1) is 10.0. The molecule has 0 unspecified atom stereocenters. The highest BCUT2D eigenvalue weighted by atomic mass is 35.5. The van der Waals surface area contributed by atoms with Crippen molar-refractivity contribution in [2.75, 3.05) is 5.32 Å². The van der Waals surface area contributed by atoms with Crippen LogP contribution in [0.2, 0.25) is 5.02 Å². The number of rotatable bonds is 5. The van der Waals surface area contributed by atoms with Crippen molar-refractivity contribution < 1.29 is 14.7 Å². The minimum Gasteiger partial charge on any atom is -0.478 e. The van der Waals surface area contributed by atoms with Gasteiger partial charge in [0, 0.05) is 22.2 Å². The van der Waals surface area contributed by atoms with E-state index < -0.39 is 5.97 Å². The number of carboxylic acid groups (broad SMARTS) is 1. The molecule has 2 rings (SSSR count). The predicted molar refractivity (Wildman–Crippen MR) is 82.6 cm³/mol. The van der Waals surface area contributed by atoms with E-state index in [1.807, 2.05) is 6.07 Å². The number of halogens is 1. The van der Waals surface area contributed by atoms with E-state index in [0.717, 1.165) is 11.6 Å². The Morgan fingerprint density at radius 2 is 2.14 bits per heavy atom. The molecule has 1 aromatic heterocycles. The van der Waals surface area contributed by atoms with E-state index in [1.54, 1.807) is 18.2 Å². The summed E-state index contributed by atoms with van der Waals surface area (Å²) in [5.74, 6) is -1.26. The van der Waals surface area contributed by atoms with E-state index in [9.17, 15) is 9.59 Å². The Morgan fingerprint density at radius 1 is 1.38 bits per heavy atom. The SMILES string of the molecule is O=C(O)C=Cc1cnc(NC(=O)Cc2ccccc2Cl)s1. The summed E-state index contributed by atoms with van der Waals surface area (Å²) in [6.45, 7) is 0. The van der Waals surface area contributed by atoms with Gasteiger partial charge in [-0.05, 0) is 17.7 Å². The van der Waals surface area contributed by atoms with Gasteiger partial charge in [0.1, 0.15) is 0 Å². The summed E-state index contributed by atoms with van der Waals surface area (Å²) in [5.41, 5.74) is 0.735. The number of hydrogen-bond acceptors (Lipinski definition) is 4. The van der Waals surface area contributed by atoms with Crippen molar-refractivity contribution in [1.29, 1.82) is 0 Å². The van der Waals surface area contributed by atoms with Crippen molar-refractivity contribution in [3.8, 4) is 0 Å². The Morgan fingerprint density at radius 3 is 2.86 bits per heavy atom. The molecule has 2 aromatic rings. The molecule has 0 aliphatic rings. The largest absolute Gasteiger partial charge is 0.478 e. The third kappa shape index (κ3) is 4.70. The maximum atomic E-state index is 11.9. The van der Waals surface area contributed by atoms with Crippen LogP contribution in [0, 0.1) is 0 Å². The van der Waals surface area contributed by atoms with Crippen molar-refractivity contribution in [1.82, 2.24) is 4.98 Å². The van der Waals surface area contributed by atoms with Crippen molar-refractivity contribution in [3.05, 3.63) is 52.0 Å². The van der Waals surface area contributed by atoms with Crippen LogP contribution in [0.1, 0.15) is 10.4 Å². The minimum atomic E-state index is -1.03. The highest BCUT2D eigenvalue weighted by Gasteiger charge is 2.09. The van der Waals surface area contributed by atoms with Gasteiger partial charge in [-0.2, -0.15) is 0 Å². The van der Waals surface area contributed by atoms with Gasteiger partial charge >= 0.3 is 5.97 Å². The number of aliphatic carboxylic acids is 1. The van der Waals surface area contributed by atoms with Gasteiger partial charge in [0.2, 0.25) is 5.91 Å². The zero-order valence-corrected chi connectivity index (χ0v) is 12.3. The molecular formula is C14H11ClN2O3S. The van der Waals surface area contributed by atoms with Crippen LogP contribution in [0.3, 0.4) is 0 Å². The van der Waals surface area contributed by atoms with Gasteiger partial charge in [-0.3, -0.25) is 4.79 Å². The molecule has 5 nitrogen and oxygen atoms in total. The van der Waals surface area contributed by atoms with Gasteiger partial charge in [0.15, 0.2) is 5.13 Å². The van der Waals surface area contributed by atoms with E-state index in [1.165, 1.54) is 23.6 Å². The molecule has 0 saturated heterocycles. The number of nitrogens with zero attached hydrogens (tertiary/aromatic N) is 1. The molecule has 2 N–H and O–H groups in total. The van der Waals surface area contributed by atoms with Crippen molar-refractivity contribution >= 4 is 46.0 Å². The lowest BCUT2D eigenvalue weighted by Crippen LogP contribution is -2.14. The molecule has 1 heterocycles. The van der Waals surface area contributed by atoms with Crippen molar-refractivity contribution in [2.45, 2.75) is 6.42 Å². The summed E-state index contributed by atoms with van der Waals surface area (Å²) in [6.07, 6.45) is 4.08. The Kier molecular flexibility index (Phi) is 5.08. The molecule has 0 spiro atoms. The van der Waals surface area contributed by atoms with E-state index in [0.29, 0.717) is 15.0 Å². The Balaban J connectivity index is 1.97. The number of aromatic nitrogens is 1. The normalized spacial score (nSPS) is 10.7. The molecule has 21 heavy (non-hydrogen) atoms. The van der Waals surface area contributed by atoms with Crippen LogP contribution >= 0.6 is 22.9 Å². The summed E-state index contributed by atoms with van der Waals surface area (Å²) >= 11 is 7.18. The van der Waals surface area contributed by atoms with Gasteiger partial charge in [-0.1, -0.05) is 41.1 Å². The Labute approximate surface area is 129 Å². The van der Waals surface area contributed by atoms with Crippen LogP contribution in [-0.4, -0.2) is 22.0 Å². The second kappa shape index (κ2) is 7.01. The molecule has 1 amide bonds. The van der Waals surface area contributed by atoms with Crippen molar-refractivity contribution in [2.24, 2.45) is 0 Å². The smallest absolute Gasteiger partial charge is 0.328 e.